The van der Waals surface area contributed by atoms with Gasteiger partial charge in [-0.2, -0.15) is 0 Å². The Labute approximate surface area is 152 Å². The number of anilines is 1. The maximum absolute atomic E-state index is 12.3. The van der Waals surface area contributed by atoms with E-state index in [0.717, 1.165) is 22.6 Å². The molecular formula is C18H22N6O2. The summed E-state index contributed by atoms with van der Waals surface area (Å²) in [5, 5.41) is 2.56. The van der Waals surface area contributed by atoms with Gasteiger partial charge in [0.1, 0.15) is 5.82 Å². The van der Waals surface area contributed by atoms with Crippen LogP contribution in [0.4, 0.5) is 5.82 Å². The topological polar surface area (TPSA) is 91.3 Å². The summed E-state index contributed by atoms with van der Waals surface area (Å²) in [5.74, 6) is 1.16. The van der Waals surface area contributed by atoms with Crippen LogP contribution in [0.2, 0.25) is 0 Å². The molecule has 0 aliphatic carbocycles. The maximum atomic E-state index is 12.3. The summed E-state index contributed by atoms with van der Waals surface area (Å²) in [6, 6.07) is 3.73. The van der Waals surface area contributed by atoms with E-state index in [1.54, 1.807) is 17.3 Å². The molecule has 1 aliphatic rings. The van der Waals surface area contributed by atoms with Crippen LogP contribution in [0.15, 0.2) is 24.5 Å². The highest BCUT2D eigenvalue weighted by Gasteiger charge is 2.26. The first kappa shape index (κ1) is 17.8. The summed E-state index contributed by atoms with van der Waals surface area (Å²) in [7, 11) is 3.90. The Hall–Kier alpha value is -3.03. The van der Waals surface area contributed by atoms with Gasteiger partial charge in [0.25, 0.3) is 0 Å². The van der Waals surface area contributed by atoms with E-state index in [-0.39, 0.29) is 18.4 Å². The molecule has 0 fully saturated rings. The fraction of sp³-hybridized carbons (Fsp3) is 0.389. The molecule has 0 unspecified atom stereocenters. The fourth-order valence-corrected chi connectivity index (χ4v) is 2.94. The van der Waals surface area contributed by atoms with Gasteiger partial charge in [0, 0.05) is 51.1 Å². The van der Waals surface area contributed by atoms with Gasteiger partial charge in [-0.15, -0.1) is 0 Å². The van der Waals surface area contributed by atoms with E-state index in [9.17, 15) is 9.59 Å². The Bertz CT molecular complexity index is 822. The average Bonchev–Trinajstić information content (AvgIpc) is 2.65. The predicted molar refractivity (Wildman–Crippen MR) is 97.4 cm³/mol. The van der Waals surface area contributed by atoms with Crippen molar-refractivity contribution in [3.05, 3.63) is 35.8 Å². The summed E-state index contributed by atoms with van der Waals surface area (Å²) >= 11 is 0. The summed E-state index contributed by atoms with van der Waals surface area (Å²) in [5.41, 5.74) is 2.79. The molecule has 0 saturated heterocycles. The van der Waals surface area contributed by atoms with Crippen LogP contribution in [0.25, 0.3) is 11.4 Å². The van der Waals surface area contributed by atoms with Crippen LogP contribution in [-0.4, -0.2) is 58.9 Å². The Kier molecular flexibility index (Phi) is 5.11. The number of hydrogen-bond donors (Lipinski definition) is 1. The highest BCUT2D eigenvalue weighted by Crippen LogP contribution is 2.28. The average molecular weight is 354 g/mol. The standard InChI is InChI=1S/C18H22N6O2/c1-12(25)20-10-16(26)24-9-6-14-15(11-24)21-17(22-18(14)23(2)3)13-4-7-19-8-5-13/h4-5,7-8H,6,9-11H2,1-3H3,(H,20,25). The second kappa shape index (κ2) is 7.47. The normalized spacial score (nSPS) is 13.1. The van der Waals surface area contributed by atoms with Crippen molar-refractivity contribution in [1.82, 2.24) is 25.2 Å². The minimum Gasteiger partial charge on any atom is -0.362 e. The number of amides is 2. The number of aromatic nitrogens is 3. The van der Waals surface area contributed by atoms with Gasteiger partial charge < -0.3 is 15.1 Å². The van der Waals surface area contributed by atoms with Crippen LogP contribution in [0.5, 0.6) is 0 Å². The monoisotopic (exact) mass is 354 g/mol. The van der Waals surface area contributed by atoms with Crippen molar-refractivity contribution in [3.63, 3.8) is 0 Å². The van der Waals surface area contributed by atoms with Crippen LogP contribution >= 0.6 is 0 Å². The number of nitrogens with zero attached hydrogens (tertiary/aromatic N) is 5. The number of hydrogen-bond acceptors (Lipinski definition) is 6. The zero-order chi connectivity index (χ0) is 18.7. The number of rotatable bonds is 4. The molecule has 3 rings (SSSR count). The summed E-state index contributed by atoms with van der Waals surface area (Å²) < 4.78 is 0. The molecule has 0 radical (unpaired) electrons. The van der Waals surface area contributed by atoms with E-state index < -0.39 is 0 Å². The quantitative estimate of drug-likeness (QED) is 0.866. The van der Waals surface area contributed by atoms with Crippen molar-refractivity contribution >= 4 is 17.6 Å². The number of carbonyl (C=O) groups is 2. The summed E-state index contributed by atoms with van der Waals surface area (Å²) in [6.07, 6.45) is 4.10. The zero-order valence-electron chi connectivity index (χ0n) is 15.2. The van der Waals surface area contributed by atoms with E-state index in [1.807, 2.05) is 31.1 Å². The lowest BCUT2D eigenvalue weighted by molar-refractivity contribution is -0.133. The maximum Gasteiger partial charge on any atom is 0.242 e. The van der Waals surface area contributed by atoms with Gasteiger partial charge in [-0.05, 0) is 18.6 Å². The molecule has 1 N–H and O–H groups in total. The Balaban J connectivity index is 1.92. The second-order valence-corrected chi connectivity index (χ2v) is 6.40. The molecule has 2 aromatic heterocycles. The van der Waals surface area contributed by atoms with Crippen LogP contribution < -0.4 is 10.2 Å². The highest BCUT2D eigenvalue weighted by molar-refractivity contribution is 5.84. The van der Waals surface area contributed by atoms with Gasteiger partial charge in [0.2, 0.25) is 11.8 Å². The molecule has 0 bridgehead atoms. The lowest BCUT2D eigenvalue weighted by Gasteiger charge is -2.30. The van der Waals surface area contributed by atoms with E-state index in [4.69, 9.17) is 9.97 Å². The van der Waals surface area contributed by atoms with Crippen molar-refractivity contribution in [3.8, 4) is 11.4 Å². The molecule has 0 saturated carbocycles. The number of nitrogens with one attached hydrogen (secondary N) is 1. The van der Waals surface area contributed by atoms with Gasteiger partial charge in [-0.3, -0.25) is 14.6 Å². The Morgan fingerprint density at radius 3 is 2.62 bits per heavy atom. The zero-order valence-corrected chi connectivity index (χ0v) is 15.2. The molecular weight excluding hydrogens is 332 g/mol. The largest absolute Gasteiger partial charge is 0.362 e. The summed E-state index contributed by atoms with van der Waals surface area (Å²) in [4.78, 5) is 40.5. The van der Waals surface area contributed by atoms with Gasteiger partial charge in [0.15, 0.2) is 5.82 Å². The first-order chi connectivity index (χ1) is 12.5. The lowest BCUT2D eigenvalue weighted by atomic mass is 10.0. The lowest BCUT2D eigenvalue weighted by Crippen LogP contribution is -2.42. The highest BCUT2D eigenvalue weighted by atomic mass is 16.2. The molecule has 8 nitrogen and oxygen atoms in total. The molecule has 0 atom stereocenters. The van der Waals surface area contributed by atoms with E-state index >= 15 is 0 Å². The van der Waals surface area contributed by atoms with Crippen LogP contribution in [0, 0.1) is 0 Å². The van der Waals surface area contributed by atoms with Crippen molar-refractivity contribution < 1.29 is 9.59 Å². The number of pyridine rings is 1. The minimum atomic E-state index is -0.215. The molecule has 3 heterocycles. The van der Waals surface area contributed by atoms with Crippen molar-refractivity contribution in [2.24, 2.45) is 0 Å². The molecule has 1 aliphatic heterocycles. The molecule has 136 valence electrons. The third-order valence-electron chi connectivity index (χ3n) is 4.25. The van der Waals surface area contributed by atoms with Crippen molar-refractivity contribution in [1.29, 1.82) is 0 Å². The van der Waals surface area contributed by atoms with E-state index in [2.05, 4.69) is 10.3 Å². The molecule has 0 aromatic carbocycles. The van der Waals surface area contributed by atoms with Gasteiger partial charge in [-0.1, -0.05) is 0 Å². The van der Waals surface area contributed by atoms with Crippen molar-refractivity contribution in [2.45, 2.75) is 19.9 Å². The van der Waals surface area contributed by atoms with E-state index in [0.29, 0.717) is 25.3 Å². The molecule has 0 spiro atoms. The SMILES string of the molecule is CC(=O)NCC(=O)N1CCc2c(nc(-c3ccncc3)nc2N(C)C)C1. The fourth-order valence-electron chi connectivity index (χ4n) is 2.94. The second-order valence-electron chi connectivity index (χ2n) is 6.40. The van der Waals surface area contributed by atoms with E-state index in [1.165, 1.54) is 6.92 Å². The van der Waals surface area contributed by atoms with Crippen LogP contribution in [0.3, 0.4) is 0 Å². The van der Waals surface area contributed by atoms with Crippen LogP contribution in [-0.2, 0) is 22.6 Å². The third kappa shape index (κ3) is 3.79. The van der Waals surface area contributed by atoms with Gasteiger partial charge in [-0.25, -0.2) is 9.97 Å². The van der Waals surface area contributed by atoms with Gasteiger partial charge >= 0.3 is 0 Å². The smallest absolute Gasteiger partial charge is 0.242 e. The van der Waals surface area contributed by atoms with Crippen LogP contribution in [0.1, 0.15) is 18.2 Å². The predicted octanol–water partition coefficient (Wildman–Crippen LogP) is 0.625. The van der Waals surface area contributed by atoms with Crippen molar-refractivity contribution in [2.75, 3.05) is 32.1 Å². The minimum absolute atomic E-state index is 0.00744. The first-order valence-corrected chi connectivity index (χ1v) is 8.45. The summed E-state index contributed by atoms with van der Waals surface area (Å²) in [6.45, 7) is 2.41. The molecule has 26 heavy (non-hydrogen) atoms. The molecule has 2 aromatic rings. The Morgan fingerprint density at radius 1 is 1.23 bits per heavy atom. The first-order valence-electron chi connectivity index (χ1n) is 8.45. The molecule has 2 amide bonds. The van der Waals surface area contributed by atoms with Gasteiger partial charge in [0.05, 0.1) is 18.8 Å². The number of fused-ring (bicyclic) bond motifs is 1. The number of carbonyl (C=O) groups excluding carboxylic acids is 2. The molecule has 8 heteroatoms. The Morgan fingerprint density at radius 2 is 1.96 bits per heavy atom. The third-order valence-corrected chi connectivity index (χ3v) is 4.25.